The molecule has 1 fully saturated rings. The van der Waals surface area contributed by atoms with Gasteiger partial charge in [0.1, 0.15) is 4.90 Å². The lowest BCUT2D eigenvalue weighted by Gasteiger charge is -2.38. The number of aromatic nitrogens is 2. The highest BCUT2D eigenvalue weighted by molar-refractivity contribution is 7.93. The number of para-hydroxylation sites is 2. The highest BCUT2D eigenvalue weighted by Crippen LogP contribution is 2.37. The summed E-state index contributed by atoms with van der Waals surface area (Å²) in [6.07, 6.45) is 2.57. The zero-order valence-electron chi connectivity index (χ0n) is 16.0. The first kappa shape index (κ1) is 18.3. The Labute approximate surface area is 161 Å². The summed E-state index contributed by atoms with van der Waals surface area (Å²) in [4.78, 5) is 5.10. The van der Waals surface area contributed by atoms with Gasteiger partial charge in [-0.3, -0.25) is 9.40 Å². The van der Waals surface area contributed by atoms with Crippen molar-refractivity contribution in [3.63, 3.8) is 0 Å². The van der Waals surface area contributed by atoms with Crippen LogP contribution in [0.25, 0.3) is 0 Å². The van der Waals surface area contributed by atoms with E-state index in [0.29, 0.717) is 29.4 Å². The third kappa shape index (κ3) is 3.32. The second kappa shape index (κ2) is 7.16. The van der Waals surface area contributed by atoms with Crippen molar-refractivity contribution >= 4 is 21.4 Å². The van der Waals surface area contributed by atoms with Crippen LogP contribution in [0.4, 0.5) is 11.4 Å². The third-order valence-electron chi connectivity index (χ3n) is 5.56. The van der Waals surface area contributed by atoms with E-state index in [1.165, 1.54) is 25.9 Å². The van der Waals surface area contributed by atoms with E-state index in [1.807, 2.05) is 24.3 Å². The van der Waals surface area contributed by atoms with Gasteiger partial charge in [-0.15, -0.1) is 0 Å². The Morgan fingerprint density at radius 2 is 1.70 bits per heavy atom. The van der Waals surface area contributed by atoms with Crippen molar-refractivity contribution in [2.24, 2.45) is 0 Å². The van der Waals surface area contributed by atoms with Crippen LogP contribution in [-0.4, -0.2) is 62.8 Å². The summed E-state index contributed by atoms with van der Waals surface area (Å²) in [5.41, 5.74) is 2.85. The second-order valence-corrected chi connectivity index (χ2v) is 9.16. The average molecular weight is 390 g/mol. The fraction of sp³-hybridized carbons (Fsp3) is 0.526. The minimum Gasteiger partial charge on any atom is -0.367 e. The van der Waals surface area contributed by atoms with Crippen molar-refractivity contribution in [1.29, 1.82) is 0 Å². The number of aryl methyl sites for hydroxylation is 2. The highest BCUT2D eigenvalue weighted by Gasteiger charge is 2.34. The molecule has 27 heavy (non-hydrogen) atoms. The van der Waals surface area contributed by atoms with Gasteiger partial charge in [0, 0.05) is 19.6 Å². The summed E-state index contributed by atoms with van der Waals surface area (Å²) in [6, 6.07) is 7.81. The Morgan fingerprint density at radius 3 is 2.37 bits per heavy atom. The maximum absolute atomic E-state index is 13.4. The predicted molar refractivity (Wildman–Crippen MR) is 107 cm³/mol. The van der Waals surface area contributed by atoms with E-state index >= 15 is 0 Å². The Bertz CT molecular complexity index is 898. The molecule has 2 aliphatic rings. The van der Waals surface area contributed by atoms with E-state index in [1.54, 1.807) is 18.2 Å². The van der Waals surface area contributed by atoms with Crippen LogP contribution in [0.15, 0.2) is 29.2 Å². The van der Waals surface area contributed by atoms with Gasteiger partial charge >= 0.3 is 0 Å². The minimum atomic E-state index is -3.64. The summed E-state index contributed by atoms with van der Waals surface area (Å²) >= 11 is 0. The van der Waals surface area contributed by atoms with Crippen LogP contribution in [-0.2, 0) is 10.0 Å². The summed E-state index contributed by atoms with van der Waals surface area (Å²) in [6.45, 7) is 8.93. The van der Waals surface area contributed by atoms with Crippen LogP contribution in [0, 0.1) is 13.8 Å². The molecule has 0 bridgehead atoms. The molecule has 1 N–H and O–H groups in total. The van der Waals surface area contributed by atoms with Gasteiger partial charge in [-0.1, -0.05) is 12.1 Å². The van der Waals surface area contributed by atoms with Crippen LogP contribution in [0.1, 0.15) is 24.2 Å². The lowest BCUT2D eigenvalue weighted by Crippen LogP contribution is -2.46. The maximum Gasteiger partial charge on any atom is 0.268 e. The Balaban J connectivity index is 1.63. The molecule has 2 aliphatic heterocycles. The summed E-state index contributed by atoms with van der Waals surface area (Å²) in [7, 11) is -3.64. The number of aromatic amines is 1. The number of nitrogens with one attached hydrogen (secondary N) is 1. The van der Waals surface area contributed by atoms with Crippen LogP contribution < -0.4 is 9.21 Å². The maximum atomic E-state index is 13.4. The van der Waals surface area contributed by atoms with Gasteiger partial charge in [0.15, 0.2) is 0 Å². The lowest BCUT2D eigenvalue weighted by molar-refractivity contribution is 0.344. The molecule has 2 aromatic rings. The topological polar surface area (TPSA) is 72.5 Å². The fourth-order valence-electron chi connectivity index (χ4n) is 4.18. The second-order valence-electron chi connectivity index (χ2n) is 7.36. The fourth-order valence-corrected chi connectivity index (χ4v) is 5.98. The van der Waals surface area contributed by atoms with Crippen molar-refractivity contribution in [2.75, 3.05) is 48.5 Å². The number of anilines is 2. The summed E-state index contributed by atoms with van der Waals surface area (Å²) in [5.74, 6) is 0. The standard InChI is InChI=1S/C19H27N5O2S/c1-15-19(16(2)21-20-15)27(25,26)24-14-13-23(12-11-22-9-5-6-10-22)17-7-3-4-8-18(17)24/h3-4,7-8H,5-6,9-14H2,1-2H3,(H,20,21). The van der Waals surface area contributed by atoms with Crippen molar-refractivity contribution in [3.8, 4) is 0 Å². The van der Waals surface area contributed by atoms with Crippen LogP contribution >= 0.6 is 0 Å². The van der Waals surface area contributed by atoms with Crippen molar-refractivity contribution in [3.05, 3.63) is 35.7 Å². The van der Waals surface area contributed by atoms with Gasteiger partial charge in [-0.2, -0.15) is 5.10 Å². The van der Waals surface area contributed by atoms with Gasteiger partial charge in [0.05, 0.1) is 29.3 Å². The smallest absolute Gasteiger partial charge is 0.268 e. The molecule has 0 unspecified atom stereocenters. The molecular weight excluding hydrogens is 362 g/mol. The zero-order chi connectivity index (χ0) is 19.0. The van der Waals surface area contributed by atoms with Gasteiger partial charge in [-0.25, -0.2) is 8.42 Å². The number of likely N-dealkylation sites (tertiary alicyclic amines) is 1. The average Bonchev–Trinajstić information content (AvgIpc) is 3.29. The molecule has 0 radical (unpaired) electrons. The van der Waals surface area contributed by atoms with E-state index in [2.05, 4.69) is 20.0 Å². The number of hydrogen-bond acceptors (Lipinski definition) is 5. The summed E-state index contributed by atoms with van der Waals surface area (Å²) in [5, 5.41) is 6.87. The molecule has 0 saturated carbocycles. The monoisotopic (exact) mass is 389 g/mol. The molecule has 4 rings (SSSR count). The first-order valence-electron chi connectivity index (χ1n) is 9.59. The number of benzene rings is 1. The molecule has 8 heteroatoms. The van der Waals surface area contributed by atoms with E-state index in [4.69, 9.17) is 0 Å². The van der Waals surface area contributed by atoms with Gasteiger partial charge in [-0.05, 0) is 51.9 Å². The third-order valence-corrected chi connectivity index (χ3v) is 7.63. The van der Waals surface area contributed by atoms with Gasteiger partial charge < -0.3 is 9.80 Å². The van der Waals surface area contributed by atoms with Crippen LogP contribution in [0.5, 0.6) is 0 Å². The number of nitrogens with zero attached hydrogens (tertiary/aromatic N) is 4. The predicted octanol–water partition coefficient (Wildman–Crippen LogP) is 2.14. The zero-order valence-corrected chi connectivity index (χ0v) is 16.8. The molecule has 1 aromatic carbocycles. The van der Waals surface area contributed by atoms with Crippen LogP contribution in [0.2, 0.25) is 0 Å². The number of hydrogen-bond donors (Lipinski definition) is 1. The molecule has 3 heterocycles. The molecule has 0 aliphatic carbocycles. The Hall–Kier alpha value is -2.06. The lowest BCUT2D eigenvalue weighted by atomic mass is 10.2. The number of H-pyrrole nitrogens is 1. The molecule has 0 atom stereocenters. The first-order chi connectivity index (χ1) is 13.0. The normalized spacial score (nSPS) is 18.1. The Kier molecular flexibility index (Phi) is 4.86. The van der Waals surface area contributed by atoms with Gasteiger partial charge in [0.2, 0.25) is 0 Å². The van der Waals surface area contributed by atoms with E-state index < -0.39 is 10.0 Å². The number of sulfonamides is 1. The van der Waals surface area contributed by atoms with E-state index in [9.17, 15) is 8.42 Å². The molecule has 7 nitrogen and oxygen atoms in total. The number of fused-ring (bicyclic) bond motifs is 1. The molecule has 0 amide bonds. The Morgan fingerprint density at radius 1 is 1.00 bits per heavy atom. The van der Waals surface area contributed by atoms with E-state index in [0.717, 1.165) is 24.5 Å². The van der Waals surface area contributed by atoms with Crippen molar-refractivity contribution in [1.82, 2.24) is 15.1 Å². The minimum absolute atomic E-state index is 0.294. The largest absolute Gasteiger partial charge is 0.367 e. The van der Waals surface area contributed by atoms with Crippen molar-refractivity contribution < 1.29 is 8.42 Å². The molecular formula is C19H27N5O2S. The summed E-state index contributed by atoms with van der Waals surface area (Å²) < 4.78 is 28.3. The van der Waals surface area contributed by atoms with Crippen LogP contribution in [0.3, 0.4) is 0 Å². The van der Waals surface area contributed by atoms with Crippen molar-refractivity contribution in [2.45, 2.75) is 31.6 Å². The van der Waals surface area contributed by atoms with E-state index in [-0.39, 0.29) is 0 Å². The van der Waals surface area contributed by atoms with Gasteiger partial charge in [0.25, 0.3) is 10.0 Å². The quantitative estimate of drug-likeness (QED) is 0.848. The molecule has 1 aromatic heterocycles. The first-order valence-corrected chi connectivity index (χ1v) is 11.0. The molecule has 146 valence electrons. The highest BCUT2D eigenvalue weighted by atomic mass is 32.2. The molecule has 0 spiro atoms. The number of rotatable bonds is 5. The SMILES string of the molecule is Cc1n[nH]c(C)c1S(=O)(=O)N1CCN(CCN2CCCC2)c2ccccc21. The molecule has 1 saturated heterocycles.